The summed E-state index contributed by atoms with van der Waals surface area (Å²) in [7, 11) is 0. The maximum absolute atomic E-state index is 2.56. The first-order valence-electron chi connectivity index (χ1n) is 17.8. The normalized spacial score (nSPS) is 13.6. The molecule has 2 nitrogen and oxygen atoms in total. The number of fused-ring (bicyclic) bond motifs is 17. The van der Waals surface area contributed by atoms with Crippen LogP contribution in [0.2, 0.25) is 0 Å². The van der Waals surface area contributed by atoms with E-state index in [-0.39, 0.29) is 0 Å². The van der Waals surface area contributed by atoms with Gasteiger partial charge in [-0.3, -0.25) is 0 Å². The molecular formula is C49H30N2. The Balaban J connectivity index is 1.26. The molecule has 10 aromatic rings. The van der Waals surface area contributed by atoms with Crippen LogP contribution in [-0.2, 0) is 5.41 Å². The second kappa shape index (κ2) is 9.74. The minimum absolute atomic E-state index is 0.446. The quantitative estimate of drug-likeness (QED) is 0.177. The first-order valence-corrected chi connectivity index (χ1v) is 17.8. The summed E-state index contributed by atoms with van der Waals surface area (Å²) in [4.78, 5) is 0. The van der Waals surface area contributed by atoms with Gasteiger partial charge in [-0.25, -0.2) is 0 Å². The van der Waals surface area contributed by atoms with Crippen molar-refractivity contribution in [1.29, 1.82) is 0 Å². The molecule has 2 heterocycles. The summed E-state index contributed by atoms with van der Waals surface area (Å²) in [5.74, 6) is 0. The molecule has 0 unspecified atom stereocenters. The van der Waals surface area contributed by atoms with Crippen LogP contribution < -0.4 is 0 Å². The van der Waals surface area contributed by atoms with Crippen molar-refractivity contribution in [2.75, 3.05) is 0 Å². The molecule has 8 aromatic carbocycles. The first kappa shape index (κ1) is 27.2. The van der Waals surface area contributed by atoms with Gasteiger partial charge < -0.3 is 9.13 Å². The van der Waals surface area contributed by atoms with Crippen molar-refractivity contribution in [1.82, 2.24) is 9.13 Å². The van der Waals surface area contributed by atoms with Crippen LogP contribution in [0.4, 0.5) is 0 Å². The van der Waals surface area contributed by atoms with Crippen LogP contribution in [0.25, 0.3) is 77.2 Å². The molecule has 2 aromatic heterocycles. The Bertz CT molecular complexity index is 3020. The zero-order chi connectivity index (χ0) is 33.3. The monoisotopic (exact) mass is 646 g/mol. The van der Waals surface area contributed by atoms with Gasteiger partial charge in [0.15, 0.2) is 0 Å². The van der Waals surface area contributed by atoms with Crippen LogP contribution in [-0.4, -0.2) is 9.13 Å². The number of rotatable bonds is 2. The lowest BCUT2D eigenvalue weighted by molar-refractivity contribution is 0.797. The summed E-state index contributed by atoms with van der Waals surface area (Å²) in [5, 5.41) is 5.06. The van der Waals surface area contributed by atoms with E-state index >= 15 is 0 Å². The van der Waals surface area contributed by atoms with Gasteiger partial charge in [0.05, 0.1) is 27.5 Å². The average Bonchev–Trinajstić information content (AvgIpc) is 3.90. The van der Waals surface area contributed by atoms with Crippen molar-refractivity contribution in [3.05, 3.63) is 204 Å². The van der Waals surface area contributed by atoms with Crippen molar-refractivity contribution >= 4 is 43.6 Å². The van der Waals surface area contributed by atoms with Crippen molar-refractivity contribution < 1.29 is 0 Å². The molecule has 0 aliphatic heterocycles. The Morgan fingerprint density at radius 3 is 1.49 bits per heavy atom. The lowest BCUT2D eigenvalue weighted by Crippen LogP contribution is -2.26. The number of nitrogens with zero attached hydrogens (tertiary/aromatic N) is 2. The van der Waals surface area contributed by atoms with Gasteiger partial charge >= 0.3 is 0 Å². The molecule has 2 heteroatoms. The summed E-state index contributed by atoms with van der Waals surface area (Å²) < 4.78 is 4.96. The van der Waals surface area contributed by atoms with Crippen LogP contribution in [0.5, 0.6) is 0 Å². The average molecular weight is 647 g/mol. The molecule has 0 amide bonds. The van der Waals surface area contributed by atoms with E-state index in [1.807, 2.05) is 0 Å². The lowest BCUT2D eigenvalue weighted by atomic mass is 9.70. The predicted molar refractivity (Wildman–Crippen MR) is 211 cm³/mol. The molecule has 0 atom stereocenters. The summed E-state index contributed by atoms with van der Waals surface area (Å²) in [5.41, 5.74) is 17.6. The Morgan fingerprint density at radius 2 is 0.824 bits per heavy atom. The van der Waals surface area contributed by atoms with Crippen LogP contribution >= 0.6 is 0 Å². The van der Waals surface area contributed by atoms with Gasteiger partial charge in [-0.1, -0.05) is 140 Å². The maximum atomic E-state index is 2.56. The highest BCUT2D eigenvalue weighted by atomic mass is 15.0. The van der Waals surface area contributed by atoms with Gasteiger partial charge in [0.25, 0.3) is 0 Å². The molecule has 0 fully saturated rings. The van der Waals surface area contributed by atoms with Crippen molar-refractivity contribution in [3.8, 4) is 33.6 Å². The molecule has 51 heavy (non-hydrogen) atoms. The summed E-state index contributed by atoms with van der Waals surface area (Å²) in [6.45, 7) is 0. The molecule has 0 radical (unpaired) electrons. The fourth-order valence-corrected chi connectivity index (χ4v) is 9.86. The molecule has 0 bridgehead atoms. The van der Waals surface area contributed by atoms with Gasteiger partial charge in [0.2, 0.25) is 0 Å². The maximum Gasteiger partial charge on any atom is 0.0746 e. The highest BCUT2D eigenvalue weighted by Gasteiger charge is 2.53. The molecule has 1 spiro atoms. The molecular weight excluding hydrogens is 617 g/mol. The molecule has 2 aliphatic carbocycles. The summed E-state index contributed by atoms with van der Waals surface area (Å²) >= 11 is 0. The van der Waals surface area contributed by atoms with Crippen molar-refractivity contribution in [3.63, 3.8) is 0 Å². The number of hydrogen-bond donors (Lipinski definition) is 0. The van der Waals surface area contributed by atoms with E-state index in [4.69, 9.17) is 0 Å². The Morgan fingerprint density at radius 1 is 0.314 bits per heavy atom. The Labute approximate surface area is 295 Å². The van der Waals surface area contributed by atoms with Gasteiger partial charge in [-0.05, 0) is 81.4 Å². The van der Waals surface area contributed by atoms with Gasteiger partial charge in [0, 0.05) is 38.5 Å². The number of benzene rings is 8. The largest absolute Gasteiger partial charge is 0.309 e. The molecule has 0 saturated carbocycles. The fraction of sp³-hybridized carbons (Fsp3) is 0.0204. The molecule has 12 rings (SSSR count). The molecule has 2 aliphatic rings. The van der Waals surface area contributed by atoms with Crippen LogP contribution in [0.1, 0.15) is 22.3 Å². The van der Waals surface area contributed by atoms with Crippen LogP contribution in [0.15, 0.2) is 182 Å². The van der Waals surface area contributed by atoms with E-state index in [1.165, 1.54) is 99.5 Å². The van der Waals surface area contributed by atoms with E-state index in [0.717, 1.165) is 0 Å². The summed E-state index contributed by atoms with van der Waals surface area (Å²) in [6.07, 6.45) is 0. The molecule has 0 saturated heterocycles. The number of aromatic nitrogens is 2. The van der Waals surface area contributed by atoms with Gasteiger partial charge in [-0.2, -0.15) is 0 Å². The standard InChI is InChI=1S/C49H30N2/c1-2-14-31(15-3-1)50-44-24-12-8-20-37(44)40-30-32(26-29-46(40)50)51-45-25-13-7-19-36(45)39-28-27-38-35-18-6-11-23-43(35)49(47(38)48(39)51)41-21-9-4-16-33(41)34-17-5-10-22-42(34)49/h1-30H. The minimum Gasteiger partial charge on any atom is -0.309 e. The zero-order valence-corrected chi connectivity index (χ0v) is 27.7. The van der Waals surface area contributed by atoms with E-state index in [2.05, 4.69) is 191 Å². The van der Waals surface area contributed by atoms with Gasteiger partial charge in [0.1, 0.15) is 0 Å². The topological polar surface area (TPSA) is 9.86 Å². The van der Waals surface area contributed by atoms with Crippen LogP contribution in [0.3, 0.4) is 0 Å². The SMILES string of the molecule is c1ccc(-n2c3ccccc3c3cc(-n4c5ccccc5c5ccc6c(c54)C4(c5ccccc5-c5ccccc54)c4ccccc4-6)ccc32)cc1. The number of hydrogen-bond acceptors (Lipinski definition) is 0. The second-order valence-corrected chi connectivity index (χ2v) is 14.0. The Hall–Kier alpha value is -6.64. The minimum atomic E-state index is -0.446. The smallest absolute Gasteiger partial charge is 0.0746 e. The molecule has 0 N–H and O–H groups in total. The number of para-hydroxylation sites is 3. The fourth-order valence-electron chi connectivity index (χ4n) is 9.86. The zero-order valence-electron chi connectivity index (χ0n) is 27.7. The van der Waals surface area contributed by atoms with Crippen molar-refractivity contribution in [2.24, 2.45) is 0 Å². The van der Waals surface area contributed by atoms with E-state index in [9.17, 15) is 0 Å². The summed E-state index contributed by atoms with van der Waals surface area (Å²) in [6, 6.07) is 67.7. The lowest BCUT2D eigenvalue weighted by Gasteiger charge is -2.31. The molecule has 236 valence electrons. The highest BCUT2D eigenvalue weighted by Crippen LogP contribution is 2.64. The predicted octanol–water partition coefficient (Wildman–Crippen LogP) is 12.2. The van der Waals surface area contributed by atoms with Crippen LogP contribution in [0, 0.1) is 0 Å². The van der Waals surface area contributed by atoms with Gasteiger partial charge in [-0.15, -0.1) is 0 Å². The van der Waals surface area contributed by atoms with Crippen molar-refractivity contribution in [2.45, 2.75) is 5.41 Å². The highest BCUT2D eigenvalue weighted by molar-refractivity contribution is 6.15. The third-order valence-electron chi connectivity index (χ3n) is 11.7. The van der Waals surface area contributed by atoms with E-state index in [0.29, 0.717) is 0 Å². The third kappa shape index (κ3) is 3.28. The van der Waals surface area contributed by atoms with E-state index in [1.54, 1.807) is 0 Å². The van der Waals surface area contributed by atoms with E-state index < -0.39 is 5.41 Å². The third-order valence-corrected chi connectivity index (χ3v) is 11.7. The second-order valence-electron chi connectivity index (χ2n) is 14.0. The first-order chi connectivity index (χ1) is 25.3. The Kier molecular flexibility index (Phi) is 5.20.